The van der Waals surface area contributed by atoms with Crippen molar-refractivity contribution in [2.45, 2.75) is 45.1 Å². The summed E-state index contributed by atoms with van der Waals surface area (Å²) in [7, 11) is 0. The molecule has 2 aliphatic rings. The van der Waals surface area contributed by atoms with Crippen molar-refractivity contribution in [2.75, 3.05) is 18.0 Å². The van der Waals surface area contributed by atoms with Gasteiger partial charge in [-0.15, -0.1) is 10.2 Å². The number of fused-ring (bicyclic) bond motifs is 1. The van der Waals surface area contributed by atoms with Crippen LogP contribution in [0.2, 0.25) is 0 Å². The SMILES string of the molecule is Cc1cccc([N+](=O)[O-])c1N1CCCC(c2nnc3n2CCC3)C1. The monoisotopic (exact) mass is 327 g/mol. The Bertz CT molecular complexity index is 785. The lowest BCUT2D eigenvalue weighted by molar-refractivity contribution is -0.384. The van der Waals surface area contributed by atoms with Crippen molar-refractivity contribution in [3.8, 4) is 0 Å². The number of rotatable bonds is 3. The first kappa shape index (κ1) is 15.1. The molecule has 0 bridgehead atoms. The maximum Gasteiger partial charge on any atom is 0.292 e. The molecule has 7 heteroatoms. The van der Waals surface area contributed by atoms with E-state index in [1.165, 1.54) is 0 Å². The molecular weight excluding hydrogens is 306 g/mol. The van der Waals surface area contributed by atoms with Crippen LogP contribution >= 0.6 is 0 Å². The summed E-state index contributed by atoms with van der Waals surface area (Å²) in [6.07, 6.45) is 4.22. The molecule has 1 saturated heterocycles. The third-order valence-electron chi connectivity index (χ3n) is 5.15. The third kappa shape index (κ3) is 2.44. The van der Waals surface area contributed by atoms with E-state index in [1.54, 1.807) is 12.1 Å². The first-order chi connectivity index (χ1) is 11.6. The average Bonchev–Trinajstić information content (AvgIpc) is 3.17. The molecule has 3 heterocycles. The lowest BCUT2D eigenvalue weighted by Gasteiger charge is -2.34. The van der Waals surface area contributed by atoms with E-state index in [-0.39, 0.29) is 16.5 Å². The fourth-order valence-corrected chi connectivity index (χ4v) is 4.07. The van der Waals surface area contributed by atoms with Crippen LogP contribution in [0.4, 0.5) is 11.4 Å². The second-order valence-electron chi connectivity index (χ2n) is 6.71. The Morgan fingerprint density at radius 2 is 2.12 bits per heavy atom. The molecule has 0 N–H and O–H groups in total. The Labute approximate surface area is 140 Å². The summed E-state index contributed by atoms with van der Waals surface area (Å²) >= 11 is 0. The van der Waals surface area contributed by atoms with Crippen LogP contribution in [0.5, 0.6) is 0 Å². The topological polar surface area (TPSA) is 77.1 Å². The highest BCUT2D eigenvalue weighted by atomic mass is 16.6. The Hall–Kier alpha value is -2.44. The molecule has 0 amide bonds. The summed E-state index contributed by atoms with van der Waals surface area (Å²) in [5, 5.41) is 20.2. The molecule has 0 aliphatic carbocycles. The number of benzene rings is 1. The largest absolute Gasteiger partial charge is 0.365 e. The maximum atomic E-state index is 11.4. The zero-order valence-electron chi connectivity index (χ0n) is 13.8. The number of para-hydroxylation sites is 1. The predicted molar refractivity (Wildman–Crippen MR) is 90.4 cm³/mol. The number of aryl methyl sites for hydroxylation is 2. The minimum atomic E-state index is -0.277. The Morgan fingerprint density at radius 3 is 2.96 bits per heavy atom. The molecule has 1 aromatic heterocycles. The summed E-state index contributed by atoms with van der Waals surface area (Å²) < 4.78 is 2.25. The highest BCUT2D eigenvalue weighted by molar-refractivity contribution is 5.68. The van der Waals surface area contributed by atoms with Gasteiger partial charge in [-0.2, -0.15) is 0 Å². The number of nitrogens with zero attached hydrogens (tertiary/aromatic N) is 5. The van der Waals surface area contributed by atoms with Gasteiger partial charge in [0.15, 0.2) is 0 Å². The van der Waals surface area contributed by atoms with Gasteiger partial charge in [0, 0.05) is 38.0 Å². The van der Waals surface area contributed by atoms with Crippen molar-refractivity contribution in [1.29, 1.82) is 0 Å². The fraction of sp³-hybridized carbons (Fsp3) is 0.529. The average molecular weight is 327 g/mol. The van der Waals surface area contributed by atoms with Gasteiger partial charge in [0.05, 0.1) is 4.92 Å². The van der Waals surface area contributed by atoms with Gasteiger partial charge in [0.2, 0.25) is 0 Å². The Kier molecular flexibility index (Phi) is 3.70. The number of nitro groups is 1. The molecule has 0 saturated carbocycles. The van der Waals surface area contributed by atoms with E-state index in [0.717, 1.165) is 68.2 Å². The van der Waals surface area contributed by atoms with E-state index in [2.05, 4.69) is 19.7 Å². The number of piperidine rings is 1. The molecule has 1 atom stereocenters. The van der Waals surface area contributed by atoms with E-state index >= 15 is 0 Å². The zero-order valence-corrected chi connectivity index (χ0v) is 13.8. The molecule has 126 valence electrons. The van der Waals surface area contributed by atoms with E-state index < -0.39 is 0 Å². The van der Waals surface area contributed by atoms with E-state index in [0.29, 0.717) is 0 Å². The van der Waals surface area contributed by atoms with Gasteiger partial charge in [-0.25, -0.2) is 0 Å². The Morgan fingerprint density at radius 1 is 1.25 bits per heavy atom. The molecule has 7 nitrogen and oxygen atoms in total. The number of anilines is 1. The smallest absolute Gasteiger partial charge is 0.292 e. The van der Waals surface area contributed by atoms with Gasteiger partial charge < -0.3 is 9.47 Å². The standard InChI is InChI=1S/C17H21N5O2/c1-12-5-2-7-14(22(23)24)16(12)20-9-3-6-13(11-20)17-19-18-15-8-4-10-21(15)17/h2,5,7,13H,3-4,6,8-11H2,1H3. The van der Waals surface area contributed by atoms with E-state index in [4.69, 9.17) is 0 Å². The summed E-state index contributed by atoms with van der Waals surface area (Å²) in [6.45, 7) is 4.56. The minimum Gasteiger partial charge on any atom is -0.365 e. The van der Waals surface area contributed by atoms with Crippen LogP contribution in [0.1, 0.15) is 42.4 Å². The summed E-state index contributed by atoms with van der Waals surface area (Å²) in [6, 6.07) is 5.30. The van der Waals surface area contributed by atoms with E-state index in [9.17, 15) is 10.1 Å². The van der Waals surface area contributed by atoms with Crippen molar-refractivity contribution < 1.29 is 4.92 Å². The van der Waals surface area contributed by atoms with Gasteiger partial charge >= 0.3 is 0 Å². The Balaban J connectivity index is 1.65. The molecule has 24 heavy (non-hydrogen) atoms. The predicted octanol–water partition coefficient (Wildman–Crippen LogP) is 2.82. The fourth-order valence-electron chi connectivity index (χ4n) is 4.07. The quantitative estimate of drug-likeness (QED) is 0.640. The van der Waals surface area contributed by atoms with Crippen LogP contribution in [0.15, 0.2) is 18.2 Å². The van der Waals surface area contributed by atoms with Gasteiger partial charge in [-0.05, 0) is 31.7 Å². The van der Waals surface area contributed by atoms with Crippen molar-refractivity contribution in [1.82, 2.24) is 14.8 Å². The van der Waals surface area contributed by atoms with Gasteiger partial charge in [-0.3, -0.25) is 10.1 Å². The van der Waals surface area contributed by atoms with Crippen molar-refractivity contribution in [2.24, 2.45) is 0 Å². The number of nitro benzene ring substituents is 1. The molecule has 1 fully saturated rings. The molecule has 1 unspecified atom stereocenters. The minimum absolute atomic E-state index is 0.196. The third-order valence-corrected chi connectivity index (χ3v) is 5.15. The second kappa shape index (κ2) is 5.89. The maximum absolute atomic E-state index is 11.4. The molecular formula is C17H21N5O2. The van der Waals surface area contributed by atoms with Crippen molar-refractivity contribution in [3.05, 3.63) is 45.5 Å². The zero-order chi connectivity index (χ0) is 16.7. The van der Waals surface area contributed by atoms with Gasteiger partial charge in [0.25, 0.3) is 5.69 Å². The van der Waals surface area contributed by atoms with Crippen LogP contribution in [0, 0.1) is 17.0 Å². The van der Waals surface area contributed by atoms with Crippen LogP contribution in [-0.2, 0) is 13.0 Å². The van der Waals surface area contributed by atoms with Gasteiger partial charge in [-0.1, -0.05) is 12.1 Å². The van der Waals surface area contributed by atoms with Gasteiger partial charge in [0.1, 0.15) is 17.3 Å². The lowest BCUT2D eigenvalue weighted by Crippen LogP contribution is -2.36. The van der Waals surface area contributed by atoms with Crippen molar-refractivity contribution in [3.63, 3.8) is 0 Å². The van der Waals surface area contributed by atoms with Crippen LogP contribution in [0.25, 0.3) is 0 Å². The second-order valence-corrected chi connectivity index (χ2v) is 6.71. The molecule has 0 radical (unpaired) electrons. The highest BCUT2D eigenvalue weighted by Crippen LogP contribution is 2.37. The first-order valence-corrected chi connectivity index (χ1v) is 8.56. The summed E-state index contributed by atoms with van der Waals surface area (Å²) in [5.41, 5.74) is 1.91. The van der Waals surface area contributed by atoms with Crippen LogP contribution in [0.3, 0.4) is 0 Å². The molecule has 0 spiro atoms. The van der Waals surface area contributed by atoms with E-state index in [1.807, 2.05) is 13.0 Å². The molecule has 1 aromatic carbocycles. The number of hydrogen-bond acceptors (Lipinski definition) is 5. The number of aromatic nitrogens is 3. The normalized spacial score (nSPS) is 20.2. The van der Waals surface area contributed by atoms with Crippen LogP contribution < -0.4 is 4.90 Å². The van der Waals surface area contributed by atoms with Crippen molar-refractivity contribution >= 4 is 11.4 Å². The molecule has 2 aromatic rings. The molecule has 4 rings (SSSR count). The van der Waals surface area contributed by atoms with Crippen LogP contribution in [-0.4, -0.2) is 32.8 Å². The first-order valence-electron chi connectivity index (χ1n) is 8.56. The summed E-state index contributed by atoms with van der Waals surface area (Å²) in [4.78, 5) is 13.3. The highest BCUT2D eigenvalue weighted by Gasteiger charge is 2.31. The molecule has 2 aliphatic heterocycles. The lowest BCUT2D eigenvalue weighted by atomic mass is 9.95. The summed E-state index contributed by atoms with van der Waals surface area (Å²) in [5.74, 6) is 2.43. The number of hydrogen-bond donors (Lipinski definition) is 0.